The Morgan fingerprint density at radius 3 is 2.55 bits per heavy atom. The second-order valence-corrected chi connectivity index (χ2v) is 12.1. The number of guanidine groups is 1. The second kappa shape index (κ2) is 12.2. The molecule has 0 spiro atoms. The molecule has 4 aliphatic rings. The molecule has 0 aromatic rings. The Hall–Kier alpha value is -2.45. The minimum Gasteiger partial charge on any atom is -0.404 e. The fourth-order valence-corrected chi connectivity index (χ4v) is 6.42. The molecular formula is C24H44BN7O6. The van der Waals surface area contributed by atoms with Crippen LogP contribution in [0.3, 0.4) is 0 Å². The van der Waals surface area contributed by atoms with Gasteiger partial charge in [-0.15, -0.1) is 0 Å². The average Bonchev–Trinajstić information content (AvgIpc) is 3.17. The predicted octanol–water partition coefficient (Wildman–Crippen LogP) is 0.704. The van der Waals surface area contributed by atoms with Crippen molar-refractivity contribution in [2.24, 2.45) is 28.9 Å². The van der Waals surface area contributed by atoms with Crippen LogP contribution in [0, 0.1) is 38.7 Å². The maximum absolute atomic E-state index is 13.4. The fraction of sp³-hybridized carbons (Fsp3) is 0.875. The first-order valence-electron chi connectivity index (χ1n) is 13.6. The molecule has 7 N–H and O–H groups in total. The minimum atomic E-state index is -0.839. The number of hydrogen-bond donors (Lipinski definition) is 6. The van der Waals surface area contributed by atoms with Gasteiger partial charge < -0.3 is 31.0 Å². The first kappa shape index (κ1) is 30.1. The Labute approximate surface area is 224 Å². The number of nitrogens with two attached hydrogens (primary N) is 1. The molecule has 1 aliphatic heterocycles. The van der Waals surface area contributed by atoms with Crippen LogP contribution in [0.1, 0.15) is 73.1 Å². The summed E-state index contributed by atoms with van der Waals surface area (Å²) < 4.78 is 13.1. The molecule has 4 fully saturated rings. The Balaban J connectivity index is 1.65. The molecule has 38 heavy (non-hydrogen) atoms. The van der Waals surface area contributed by atoms with Crippen molar-refractivity contribution in [3.05, 3.63) is 10.1 Å². The number of rotatable bonds is 13. The highest BCUT2D eigenvalue weighted by Gasteiger charge is 2.68. The van der Waals surface area contributed by atoms with E-state index in [-0.39, 0.29) is 55.2 Å². The van der Waals surface area contributed by atoms with Gasteiger partial charge in [0.2, 0.25) is 11.8 Å². The molecule has 0 unspecified atom stereocenters. The Morgan fingerprint density at radius 1 is 1.24 bits per heavy atom. The summed E-state index contributed by atoms with van der Waals surface area (Å²) in [5.74, 6) is -0.250. The summed E-state index contributed by atoms with van der Waals surface area (Å²) in [5, 5.41) is 25.5. The number of hydrogen-bond acceptors (Lipinski definition) is 8. The lowest BCUT2D eigenvalue weighted by Gasteiger charge is -2.64. The van der Waals surface area contributed by atoms with Crippen molar-refractivity contribution >= 4 is 24.9 Å². The molecule has 6 atom stereocenters. The summed E-state index contributed by atoms with van der Waals surface area (Å²) >= 11 is 0. The summed E-state index contributed by atoms with van der Waals surface area (Å²) in [5.41, 5.74) is 7.03. The topological polar surface area (TPSA) is 194 Å². The predicted molar refractivity (Wildman–Crippen MR) is 142 cm³/mol. The van der Waals surface area contributed by atoms with Crippen LogP contribution in [-0.4, -0.2) is 66.7 Å². The lowest BCUT2D eigenvalue weighted by molar-refractivity contribution is -0.525. The number of carbonyl (C=O) groups is 2. The summed E-state index contributed by atoms with van der Waals surface area (Å²) in [6, 6.07) is -0.839. The van der Waals surface area contributed by atoms with E-state index in [0.717, 1.165) is 12.8 Å². The largest absolute Gasteiger partial charge is 0.481 e. The third-order valence-electron chi connectivity index (χ3n) is 8.55. The zero-order valence-electron chi connectivity index (χ0n) is 23.2. The van der Waals surface area contributed by atoms with Crippen LogP contribution < -0.4 is 27.1 Å². The molecule has 3 aliphatic carbocycles. The van der Waals surface area contributed by atoms with Crippen molar-refractivity contribution in [1.82, 2.24) is 21.4 Å². The van der Waals surface area contributed by atoms with Crippen LogP contribution in [0.15, 0.2) is 0 Å². The smallest absolute Gasteiger partial charge is 0.404 e. The van der Waals surface area contributed by atoms with E-state index in [4.69, 9.17) is 20.5 Å². The molecule has 14 heteroatoms. The van der Waals surface area contributed by atoms with Crippen LogP contribution in [0.25, 0.3) is 0 Å². The SMILES string of the molecule is CC(C)C[C@H](NC(=O)[C@H](CCCNC(=N)N[N+](=O)[O-])NC(=O)CCN)B1O[C@@H]2C[C@@H]3C[C@@H](C3(C)C)[C@]2(C)O1. The molecule has 2 amide bonds. The molecule has 1 heterocycles. The fourth-order valence-electron chi connectivity index (χ4n) is 6.42. The molecule has 4 rings (SSSR count). The monoisotopic (exact) mass is 537 g/mol. The summed E-state index contributed by atoms with van der Waals surface area (Å²) in [4.78, 5) is 36.2. The zero-order valence-corrected chi connectivity index (χ0v) is 23.2. The first-order valence-corrected chi connectivity index (χ1v) is 13.6. The molecule has 13 nitrogen and oxygen atoms in total. The summed E-state index contributed by atoms with van der Waals surface area (Å²) in [7, 11) is -0.581. The Morgan fingerprint density at radius 2 is 1.95 bits per heavy atom. The van der Waals surface area contributed by atoms with Crippen LogP contribution in [0.5, 0.6) is 0 Å². The third-order valence-corrected chi connectivity index (χ3v) is 8.55. The summed E-state index contributed by atoms with van der Waals surface area (Å²) in [6.45, 7) is 11.3. The van der Waals surface area contributed by atoms with E-state index in [1.165, 1.54) is 0 Å². The number of carbonyl (C=O) groups excluding carboxylic acids is 2. The van der Waals surface area contributed by atoms with Crippen LogP contribution in [-0.2, 0) is 18.9 Å². The van der Waals surface area contributed by atoms with Crippen molar-refractivity contribution < 1.29 is 23.9 Å². The lowest BCUT2D eigenvalue weighted by Crippen LogP contribution is -2.65. The number of nitrogens with zero attached hydrogens (tertiary/aromatic N) is 1. The van der Waals surface area contributed by atoms with Gasteiger partial charge in [-0.05, 0) is 62.2 Å². The minimum absolute atomic E-state index is 0.00920. The molecule has 214 valence electrons. The highest BCUT2D eigenvalue weighted by molar-refractivity contribution is 6.47. The standard InChI is InChI=1S/C24H44BN7O6/c1-14(2)11-19(25-37-18-13-15-12-17(23(15,3)4)24(18,5)38-25)30-21(34)16(29-20(33)8-9-26)7-6-10-28-22(27)31-32(35)36/h14-19H,6-13,26H2,1-5H3,(H,29,33)(H,30,34)(H3,27,28,31)/t15-,16-,17-,18+,19-,24-/m0/s1. The van der Waals surface area contributed by atoms with Gasteiger partial charge in [0.25, 0.3) is 5.96 Å². The van der Waals surface area contributed by atoms with Crippen LogP contribution >= 0.6 is 0 Å². The molecule has 0 aromatic heterocycles. The van der Waals surface area contributed by atoms with Crippen molar-refractivity contribution in [2.75, 3.05) is 13.1 Å². The quantitative estimate of drug-likeness (QED) is 0.0490. The highest BCUT2D eigenvalue weighted by Crippen LogP contribution is 2.65. The van der Waals surface area contributed by atoms with Gasteiger partial charge in [-0.1, -0.05) is 33.1 Å². The molecular weight excluding hydrogens is 493 g/mol. The third kappa shape index (κ3) is 6.76. The van der Waals surface area contributed by atoms with Crippen LogP contribution in [0.4, 0.5) is 0 Å². The van der Waals surface area contributed by atoms with E-state index in [9.17, 15) is 19.7 Å². The van der Waals surface area contributed by atoms with Gasteiger partial charge in [-0.3, -0.25) is 15.0 Å². The number of hydrazine groups is 1. The van der Waals surface area contributed by atoms with E-state index in [1.807, 2.05) is 0 Å². The Bertz CT molecular complexity index is 905. The van der Waals surface area contributed by atoms with E-state index in [2.05, 4.69) is 50.6 Å². The van der Waals surface area contributed by atoms with E-state index < -0.39 is 35.7 Å². The van der Waals surface area contributed by atoms with Crippen LogP contribution in [0.2, 0.25) is 0 Å². The van der Waals surface area contributed by atoms with Gasteiger partial charge in [-0.25, -0.2) is 10.1 Å². The van der Waals surface area contributed by atoms with Gasteiger partial charge in [-0.2, -0.15) is 0 Å². The number of nitrogens with one attached hydrogen (secondary N) is 5. The van der Waals surface area contributed by atoms with Gasteiger partial charge in [0.15, 0.2) is 5.03 Å². The average molecular weight is 537 g/mol. The van der Waals surface area contributed by atoms with Crippen molar-refractivity contribution in [1.29, 1.82) is 5.41 Å². The van der Waals surface area contributed by atoms with Crippen molar-refractivity contribution in [3.63, 3.8) is 0 Å². The zero-order chi connectivity index (χ0) is 28.3. The normalized spacial score (nSPS) is 28.5. The van der Waals surface area contributed by atoms with Crippen molar-refractivity contribution in [2.45, 2.75) is 96.8 Å². The number of amides is 2. The molecule has 3 saturated carbocycles. The number of nitro groups is 1. The van der Waals surface area contributed by atoms with E-state index in [1.54, 1.807) is 5.43 Å². The Kier molecular flexibility index (Phi) is 9.64. The molecule has 0 radical (unpaired) electrons. The first-order chi connectivity index (χ1) is 17.8. The van der Waals surface area contributed by atoms with Gasteiger partial charge in [0.05, 0.1) is 17.6 Å². The highest BCUT2D eigenvalue weighted by atomic mass is 16.7. The van der Waals surface area contributed by atoms with Gasteiger partial charge >= 0.3 is 7.12 Å². The maximum Gasteiger partial charge on any atom is 0.481 e. The molecule has 1 saturated heterocycles. The van der Waals surface area contributed by atoms with E-state index in [0.29, 0.717) is 24.7 Å². The second-order valence-electron chi connectivity index (χ2n) is 12.1. The lowest BCUT2D eigenvalue weighted by atomic mass is 9.43. The molecule has 0 aromatic carbocycles. The van der Waals surface area contributed by atoms with Gasteiger partial charge in [0, 0.05) is 19.5 Å². The van der Waals surface area contributed by atoms with Gasteiger partial charge in [0.1, 0.15) is 6.04 Å². The van der Waals surface area contributed by atoms with Crippen molar-refractivity contribution in [3.8, 4) is 0 Å². The molecule has 2 bridgehead atoms. The maximum atomic E-state index is 13.4. The van der Waals surface area contributed by atoms with E-state index >= 15 is 0 Å². The summed E-state index contributed by atoms with van der Waals surface area (Å²) in [6.07, 6.45) is 3.45.